The molecule has 1 heterocycles. The highest BCUT2D eigenvalue weighted by Crippen LogP contribution is 2.20. The standard InChI is InChI=1S/C14H28N2O2/c1-4-12-7-13(15-8-11(2)3)10-16(9-12)6-5-14(17)18/h11-13,15H,4-10H2,1-3H3,(H,17,18). The van der Waals surface area contributed by atoms with Gasteiger partial charge in [0, 0.05) is 25.7 Å². The Balaban J connectivity index is 2.41. The van der Waals surface area contributed by atoms with Gasteiger partial charge in [0.2, 0.25) is 0 Å². The first-order valence-electron chi connectivity index (χ1n) is 7.18. The van der Waals surface area contributed by atoms with Crippen LogP contribution in [0.4, 0.5) is 0 Å². The highest BCUT2D eigenvalue weighted by Gasteiger charge is 2.26. The first-order chi connectivity index (χ1) is 8.51. The van der Waals surface area contributed by atoms with Crippen molar-refractivity contribution in [1.29, 1.82) is 0 Å². The number of carbonyl (C=O) groups is 1. The summed E-state index contributed by atoms with van der Waals surface area (Å²) in [5, 5.41) is 12.4. The third kappa shape index (κ3) is 5.83. The Morgan fingerprint density at radius 2 is 2.17 bits per heavy atom. The molecular weight excluding hydrogens is 228 g/mol. The van der Waals surface area contributed by atoms with Gasteiger partial charge >= 0.3 is 5.97 Å². The topological polar surface area (TPSA) is 52.6 Å². The first kappa shape index (κ1) is 15.4. The lowest BCUT2D eigenvalue weighted by Crippen LogP contribution is -2.50. The van der Waals surface area contributed by atoms with Gasteiger partial charge in [0.05, 0.1) is 6.42 Å². The molecule has 18 heavy (non-hydrogen) atoms. The molecule has 0 aromatic heterocycles. The summed E-state index contributed by atoms with van der Waals surface area (Å²) < 4.78 is 0. The van der Waals surface area contributed by atoms with Crippen molar-refractivity contribution in [3.63, 3.8) is 0 Å². The normalized spacial score (nSPS) is 25.6. The lowest BCUT2D eigenvalue weighted by molar-refractivity contribution is -0.137. The monoisotopic (exact) mass is 256 g/mol. The molecule has 0 amide bonds. The van der Waals surface area contributed by atoms with E-state index >= 15 is 0 Å². The SMILES string of the molecule is CCC1CC(NCC(C)C)CN(CCC(=O)O)C1. The average molecular weight is 256 g/mol. The van der Waals surface area contributed by atoms with E-state index in [1.54, 1.807) is 0 Å². The van der Waals surface area contributed by atoms with E-state index in [1.165, 1.54) is 12.8 Å². The smallest absolute Gasteiger partial charge is 0.304 e. The Morgan fingerprint density at radius 1 is 1.44 bits per heavy atom. The second-order valence-electron chi connectivity index (χ2n) is 5.91. The molecule has 0 saturated carbocycles. The van der Waals surface area contributed by atoms with Crippen LogP contribution < -0.4 is 5.32 Å². The Labute approximate surface area is 111 Å². The van der Waals surface area contributed by atoms with E-state index in [4.69, 9.17) is 5.11 Å². The molecule has 2 atom stereocenters. The van der Waals surface area contributed by atoms with Crippen molar-refractivity contribution >= 4 is 5.97 Å². The predicted molar refractivity (Wildman–Crippen MR) is 73.7 cm³/mol. The molecule has 0 radical (unpaired) electrons. The fourth-order valence-electron chi connectivity index (χ4n) is 2.59. The number of hydrogen-bond donors (Lipinski definition) is 2. The van der Waals surface area contributed by atoms with Crippen molar-refractivity contribution in [2.24, 2.45) is 11.8 Å². The molecule has 1 fully saturated rings. The minimum Gasteiger partial charge on any atom is -0.481 e. The van der Waals surface area contributed by atoms with Crippen molar-refractivity contribution in [3.8, 4) is 0 Å². The minimum absolute atomic E-state index is 0.257. The molecule has 0 spiro atoms. The average Bonchev–Trinajstić information content (AvgIpc) is 2.33. The summed E-state index contributed by atoms with van der Waals surface area (Å²) in [6, 6.07) is 0.528. The molecule has 106 valence electrons. The second-order valence-corrected chi connectivity index (χ2v) is 5.91. The summed E-state index contributed by atoms with van der Waals surface area (Å²) in [6.07, 6.45) is 2.67. The van der Waals surface area contributed by atoms with Gasteiger partial charge in [0.1, 0.15) is 0 Å². The van der Waals surface area contributed by atoms with Gasteiger partial charge in [-0.3, -0.25) is 4.79 Å². The summed E-state index contributed by atoms with van der Waals surface area (Å²) in [5.74, 6) is 0.678. The molecule has 2 N–H and O–H groups in total. The Morgan fingerprint density at radius 3 is 2.72 bits per heavy atom. The molecule has 0 aromatic carbocycles. The Bertz CT molecular complexity index is 256. The number of nitrogens with one attached hydrogen (secondary N) is 1. The molecule has 1 rings (SSSR count). The van der Waals surface area contributed by atoms with E-state index in [9.17, 15) is 4.79 Å². The van der Waals surface area contributed by atoms with Crippen LogP contribution in [0.1, 0.15) is 40.0 Å². The van der Waals surface area contributed by atoms with E-state index in [-0.39, 0.29) is 6.42 Å². The van der Waals surface area contributed by atoms with Crippen LogP contribution >= 0.6 is 0 Å². The summed E-state index contributed by atoms with van der Waals surface area (Å²) >= 11 is 0. The number of piperidine rings is 1. The van der Waals surface area contributed by atoms with E-state index in [0.29, 0.717) is 24.4 Å². The maximum Gasteiger partial charge on any atom is 0.304 e. The lowest BCUT2D eigenvalue weighted by atomic mass is 9.91. The molecule has 0 bridgehead atoms. The first-order valence-corrected chi connectivity index (χ1v) is 7.18. The van der Waals surface area contributed by atoms with Gasteiger partial charge in [0.15, 0.2) is 0 Å². The molecule has 4 heteroatoms. The van der Waals surface area contributed by atoms with Crippen molar-refractivity contribution in [1.82, 2.24) is 10.2 Å². The molecular formula is C14H28N2O2. The van der Waals surface area contributed by atoms with E-state index in [0.717, 1.165) is 19.6 Å². The van der Waals surface area contributed by atoms with E-state index in [2.05, 4.69) is 31.0 Å². The number of nitrogens with zero attached hydrogens (tertiary/aromatic N) is 1. The number of likely N-dealkylation sites (tertiary alicyclic amines) is 1. The fraction of sp³-hybridized carbons (Fsp3) is 0.929. The van der Waals surface area contributed by atoms with E-state index in [1.807, 2.05) is 0 Å². The Kier molecular flexibility index (Phi) is 6.65. The van der Waals surface area contributed by atoms with E-state index < -0.39 is 5.97 Å². The number of hydrogen-bond acceptors (Lipinski definition) is 3. The third-order valence-electron chi connectivity index (χ3n) is 3.65. The highest BCUT2D eigenvalue weighted by molar-refractivity contribution is 5.66. The largest absolute Gasteiger partial charge is 0.481 e. The molecule has 1 aliphatic heterocycles. The predicted octanol–water partition coefficient (Wildman–Crippen LogP) is 1.81. The van der Waals surface area contributed by atoms with Crippen LogP contribution in [0.5, 0.6) is 0 Å². The van der Waals surface area contributed by atoms with Crippen LogP contribution in [0.15, 0.2) is 0 Å². The van der Waals surface area contributed by atoms with Crippen LogP contribution in [0.25, 0.3) is 0 Å². The number of carboxylic acids is 1. The van der Waals surface area contributed by atoms with Crippen LogP contribution in [0.3, 0.4) is 0 Å². The summed E-state index contributed by atoms with van der Waals surface area (Å²) in [4.78, 5) is 13.0. The van der Waals surface area contributed by atoms with Crippen molar-refractivity contribution < 1.29 is 9.90 Å². The summed E-state index contributed by atoms with van der Waals surface area (Å²) in [7, 11) is 0. The van der Waals surface area contributed by atoms with Crippen LogP contribution in [0.2, 0.25) is 0 Å². The minimum atomic E-state index is -0.694. The van der Waals surface area contributed by atoms with Crippen molar-refractivity contribution in [3.05, 3.63) is 0 Å². The second kappa shape index (κ2) is 7.74. The molecule has 0 aliphatic carbocycles. The molecule has 2 unspecified atom stereocenters. The third-order valence-corrected chi connectivity index (χ3v) is 3.65. The zero-order valence-electron chi connectivity index (χ0n) is 12.0. The Hall–Kier alpha value is -0.610. The fourth-order valence-corrected chi connectivity index (χ4v) is 2.59. The van der Waals surface area contributed by atoms with Gasteiger partial charge < -0.3 is 15.3 Å². The van der Waals surface area contributed by atoms with Gasteiger partial charge in [-0.1, -0.05) is 27.2 Å². The number of aliphatic carboxylic acids is 1. The van der Waals surface area contributed by atoms with Gasteiger partial charge in [-0.25, -0.2) is 0 Å². The van der Waals surface area contributed by atoms with Gasteiger partial charge in [-0.15, -0.1) is 0 Å². The van der Waals surface area contributed by atoms with Crippen LogP contribution in [-0.2, 0) is 4.79 Å². The summed E-state index contributed by atoms with van der Waals surface area (Å²) in [6.45, 7) is 10.5. The van der Waals surface area contributed by atoms with Gasteiger partial charge in [0.25, 0.3) is 0 Å². The zero-order chi connectivity index (χ0) is 13.5. The van der Waals surface area contributed by atoms with Crippen LogP contribution in [0, 0.1) is 11.8 Å². The van der Waals surface area contributed by atoms with Crippen LogP contribution in [-0.4, -0.2) is 48.2 Å². The molecule has 1 aliphatic rings. The van der Waals surface area contributed by atoms with Gasteiger partial charge in [-0.2, -0.15) is 0 Å². The number of carboxylic acid groups (broad SMARTS) is 1. The van der Waals surface area contributed by atoms with Crippen molar-refractivity contribution in [2.75, 3.05) is 26.2 Å². The highest BCUT2D eigenvalue weighted by atomic mass is 16.4. The quantitative estimate of drug-likeness (QED) is 0.729. The molecule has 4 nitrogen and oxygen atoms in total. The summed E-state index contributed by atoms with van der Waals surface area (Å²) in [5.41, 5.74) is 0. The lowest BCUT2D eigenvalue weighted by Gasteiger charge is -2.38. The molecule has 0 aromatic rings. The zero-order valence-corrected chi connectivity index (χ0v) is 12.0. The maximum atomic E-state index is 10.6. The number of rotatable bonds is 7. The maximum absolute atomic E-state index is 10.6. The van der Waals surface area contributed by atoms with Crippen molar-refractivity contribution in [2.45, 2.75) is 46.1 Å². The molecule has 1 saturated heterocycles. The van der Waals surface area contributed by atoms with Gasteiger partial charge in [-0.05, 0) is 24.8 Å².